The van der Waals surface area contributed by atoms with E-state index < -0.39 is 0 Å². The van der Waals surface area contributed by atoms with E-state index in [1.807, 2.05) is 39.0 Å². The van der Waals surface area contributed by atoms with Gasteiger partial charge in [0.2, 0.25) is 5.91 Å². The summed E-state index contributed by atoms with van der Waals surface area (Å²) in [6.45, 7) is 6.19. The van der Waals surface area contributed by atoms with Gasteiger partial charge in [0, 0.05) is 18.0 Å². The fraction of sp³-hybridized carbons (Fsp3) is 0.467. The first-order chi connectivity index (χ1) is 8.57. The predicted octanol–water partition coefficient (Wildman–Crippen LogP) is 3.11. The highest BCUT2D eigenvalue weighted by atomic mass is 16.2. The molecule has 0 aliphatic heterocycles. The Balaban J connectivity index is 2.89. The molecule has 0 heterocycles. The number of benzene rings is 1. The molecule has 0 radical (unpaired) electrons. The van der Waals surface area contributed by atoms with Crippen LogP contribution in [0.3, 0.4) is 0 Å². The summed E-state index contributed by atoms with van der Waals surface area (Å²) in [5.41, 5.74) is 0.572. The quantitative estimate of drug-likeness (QED) is 0.801. The van der Waals surface area contributed by atoms with E-state index in [0.717, 1.165) is 12.8 Å². The Morgan fingerprint density at radius 3 is 2.28 bits per heavy atom. The van der Waals surface area contributed by atoms with Crippen LogP contribution in [0, 0.1) is 5.92 Å². The molecule has 3 heteroatoms. The molecule has 0 saturated carbocycles. The SMILES string of the molecule is CCCCN(C(=O)c1ccccc1)C(=O)C(C)C. The number of amides is 2. The average molecular weight is 247 g/mol. The van der Waals surface area contributed by atoms with E-state index in [9.17, 15) is 9.59 Å². The fourth-order valence-electron chi connectivity index (χ4n) is 1.68. The van der Waals surface area contributed by atoms with Crippen molar-refractivity contribution in [2.75, 3.05) is 6.54 Å². The first-order valence-corrected chi connectivity index (χ1v) is 6.48. The molecule has 1 rings (SSSR count). The van der Waals surface area contributed by atoms with Crippen molar-refractivity contribution in [2.24, 2.45) is 5.92 Å². The number of nitrogens with zero attached hydrogens (tertiary/aromatic N) is 1. The second-order valence-corrected chi connectivity index (χ2v) is 4.67. The van der Waals surface area contributed by atoms with Gasteiger partial charge >= 0.3 is 0 Å². The maximum atomic E-state index is 12.3. The Morgan fingerprint density at radius 2 is 1.78 bits per heavy atom. The Bertz CT molecular complexity index is 398. The summed E-state index contributed by atoms with van der Waals surface area (Å²) in [5.74, 6) is -0.449. The summed E-state index contributed by atoms with van der Waals surface area (Å²) in [6, 6.07) is 8.97. The van der Waals surface area contributed by atoms with Crippen LogP contribution in [0.5, 0.6) is 0 Å². The zero-order valence-electron chi connectivity index (χ0n) is 11.3. The maximum absolute atomic E-state index is 12.3. The first kappa shape index (κ1) is 14.4. The van der Waals surface area contributed by atoms with Crippen molar-refractivity contribution in [1.29, 1.82) is 0 Å². The van der Waals surface area contributed by atoms with Gasteiger partial charge < -0.3 is 0 Å². The van der Waals surface area contributed by atoms with Gasteiger partial charge in [-0.3, -0.25) is 14.5 Å². The highest BCUT2D eigenvalue weighted by Gasteiger charge is 2.23. The Hall–Kier alpha value is -1.64. The van der Waals surface area contributed by atoms with E-state index >= 15 is 0 Å². The van der Waals surface area contributed by atoms with Gasteiger partial charge in [-0.05, 0) is 18.6 Å². The molecule has 0 spiro atoms. The molecule has 1 aromatic rings. The van der Waals surface area contributed by atoms with E-state index in [1.165, 1.54) is 4.90 Å². The van der Waals surface area contributed by atoms with Crippen LogP contribution >= 0.6 is 0 Å². The number of hydrogen-bond acceptors (Lipinski definition) is 2. The summed E-state index contributed by atoms with van der Waals surface area (Å²) in [6.07, 6.45) is 1.81. The molecule has 98 valence electrons. The number of imide groups is 1. The Morgan fingerprint density at radius 1 is 1.17 bits per heavy atom. The molecule has 0 fully saturated rings. The first-order valence-electron chi connectivity index (χ1n) is 6.48. The second kappa shape index (κ2) is 6.94. The van der Waals surface area contributed by atoms with E-state index in [-0.39, 0.29) is 17.7 Å². The molecule has 0 aliphatic carbocycles. The van der Waals surface area contributed by atoms with E-state index in [1.54, 1.807) is 12.1 Å². The maximum Gasteiger partial charge on any atom is 0.260 e. The van der Waals surface area contributed by atoms with Crippen LogP contribution in [0.4, 0.5) is 0 Å². The number of carbonyl (C=O) groups excluding carboxylic acids is 2. The molecule has 0 aromatic heterocycles. The molecule has 3 nitrogen and oxygen atoms in total. The van der Waals surface area contributed by atoms with Crippen molar-refractivity contribution in [3.63, 3.8) is 0 Å². The number of rotatable bonds is 5. The molecule has 0 N–H and O–H groups in total. The minimum Gasteiger partial charge on any atom is -0.278 e. The van der Waals surface area contributed by atoms with Gasteiger partial charge in [-0.1, -0.05) is 45.4 Å². The lowest BCUT2D eigenvalue weighted by Crippen LogP contribution is -2.40. The molecule has 2 amide bonds. The van der Waals surface area contributed by atoms with Gasteiger partial charge in [0.05, 0.1) is 0 Å². The molecular weight excluding hydrogens is 226 g/mol. The second-order valence-electron chi connectivity index (χ2n) is 4.67. The Kier molecular flexibility index (Phi) is 5.56. The summed E-state index contributed by atoms with van der Waals surface area (Å²) in [5, 5.41) is 0. The van der Waals surface area contributed by atoms with Gasteiger partial charge in [-0.15, -0.1) is 0 Å². The largest absolute Gasteiger partial charge is 0.278 e. The van der Waals surface area contributed by atoms with E-state index in [4.69, 9.17) is 0 Å². The number of carbonyl (C=O) groups is 2. The zero-order chi connectivity index (χ0) is 13.5. The van der Waals surface area contributed by atoms with Crippen molar-refractivity contribution in [3.8, 4) is 0 Å². The van der Waals surface area contributed by atoms with Gasteiger partial charge in [0.25, 0.3) is 5.91 Å². The zero-order valence-corrected chi connectivity index (χ0v) is 11.3. The summed E-state index contributed by atoms with van der Waals surface area (Å²) >= 11 is 0. The van der Waals surface area contributed by atoms with Crippen molar-refractivity contribution in [2.45, 2.75) is 33.6 Å². The molecule has 0 bridgehead atoms. The minimum absolute atomic E-state index is 0.0997. The van der Waals surface area contributed by atoms with Crippen molar-refractivity contribution in [1.82, 2.24) is 4.90 Å². The topological polar surface area (TPSA) is 37.4 Å². The van der Waals surface area contributed by atoms with Crippen LogP contribution in [-0.4, -0.2) is 23.3 Å². The number of unbranched alkanes of at least 4 members (excludes halogenated alkanes) is 1. The lowest BCUT2D eigenvalue weighted by molar-refractivity contribution is -0.131. The molecular formula is C15H21NO2. The standard InChI is InChI=1S/C15H21NO2/c1-4-5-11-16(14(17)12(2)3)15(18)13-9-7-6-8-10-13/h6-10,12H,4-5,11H2,1-3H3. The van der Waals surface area contributed by atoms with E-state index in [0.29, 0.717) is 12.1 Å². The van der Waals surface area contributed by atoms with Crippen LogP contribution < -0.4 is 0 Å². The molecule has 18 heavy (non-hydrogen) atoms. The summed E-state index contributed by atoms with van der Waals surface area (Å²) in [7, 11) is 0. The minimum atomic E-state index is -0.192. The van der Waals surface area contributed by atoms with Gasteiger partial charge in [0.15, 0.2) is 0 Å². The molecule has 1 aromatic carbocycles. The van der Waals surface area contributed by atoms with Gasteiger partial charge in [0.1, 0.15) is 0 Å². The average Bonchev–Trinajstić information content (AvgIpc) is 2.39. The lowest BCUT2D eigenvalue weighted by atomic mass is 10.1. The summed E-state index contributed by atoms with van der Waals surface area (Å²) < 4.78 is 0. The molecule has 0 unspecified atom stereocenters. The van der Waals surface area contributed by atoms with Gasteiger partial charge in [-0.25, -0.2) is 0 Å². The van der Waals surface area contributed by atoms with Crippen molar-refractivity contribution >= 4 is 11.8 Å². The lowest BCUT2D eigenvalue weighted by Gasteiger charge is -2.22. The van der Waals surface area contributed by atoms with Crippen LogP contribution in [-0.2, 0) is 4.79 Å². The smallest absolute Gasteiger partial charge is 0.260 e. The van der Waals surface area contributed by atoms with Crippen LogP contribution in [0.25, 0.3) is 0 Å². The third kappa shape index (κ3) is 3.69. The normalized spacial score (nSPS) is 10.4. The van der Waals surface area contributed by atoms with Crippen LogP contribution in [0.15, 0.2) is 30.3 Å². The molecule has 0 atom stereocenters. The van der Waals surface area contributed by atoms with Crippen LogP contribution in [0.2, 0.25) is 0 Å². The Labute approximate surface area is 109 Å². The number of hydrogen-bond donors (Lipinski definition) is 0. The predicted molar refractivity (Wildman–Crippen MR) is 72.2 cm³/mol. The third-order valence-corrected chi connectivity index (χ3v) is 2.76. The molecule has 0 saturated heterocycles. The summed E-state index contributed by atoms with van der Waals surface area (Å²) in [4.78, 5) is 25.7. The van der Waals surface area contributed by atoms with Crippen LogP contribution in [0.1, 0.15) is 44.0 Å². The van der Waals surface area contributed by atoms with Crippen molar-refractivity contribution < 1.29 is 9.59 Å². The van der Waals surface area contributed by atoms with Gasteiger partial charge in [-0.2, -0.15) is 0 Å². The monoisotopic (exact) mass is 247 g/mol. The third-order valence-electron chi connectivity index (χ3n) is 2.76. The van der Waals surface area contributed by atoms with Crippen molar-refractivity contribution in [3.05, 3.63) is 35.9 Å². The highest BCUT2D eigenvalue weighted by Crippen LogP contribution is 2.10. The highest BCUT2D eigenvalue weighted by molar-refractivity contribution is 6.05. The van der Waals surface area contributed by atoms with E-state index in [2.05, 4.69) is 0 Å². The fourth-order valence-corrected chi connectivity index (χ4v) is 1.68. The molecule has 0 aliphatic rings.